The van der Waals surface area contributed by atoms with Crippen molar-refractivity contribution in [1.82, 2.24) is 29.8 Å². The average molecular weight is 681 g/mol. The number of aromatic nitrogens is 4. The van der Waals surface area contributed by atoms with Gasteiger partial charge in [-0.25, -0.2) is 18.9 Å². The second kappa shape index (κ2) is 12.4. The molecule has 12 heteroatoms. The molecule has 0 spiro atoms. The van der Waals surface area contributed by atoms with Crippen LogP contribution in [0.4, 0.5) is 16.0 Å². The number of carbonyl (C=O) groups is 3. The maximum atomic E-state index is 14.0. The summed E-state index contributed by atoms with van der Waals surface area (Å²) in [6.07, 6.45) is 4.29. The molecular formula is C39H33FN8O3. The average Bonchev–Trinajstić information content (AvgIpc) is 3.85. The summed E-state index contributed by atoms with van der Waals surface area (Å²) in [5.74, 6) is 7.34. The Morgan fingerprint density at radius 2 is 1.76 bits per heavy atom. The van der Waals surface area contributed by atoms with Gasteiger partial charge in [-0.3, -0.25) is 19.7 Å². The van der Waals surface area contributed by atoms with Crippen LogP contribution in [0.1, 0.15) is 58.8 Å². The summed E-state index contributed by atoms with van der Waals surface area (Å²) in [7, 11) is 0. The molecule has 3 saturated heterocycles. The number of amides is 3. The summed E-state index contributed by atoms with van der Waals surface area (Å²) in [5, 5.41) is 7.33. The van der Waals surface area contributed by atoms with Crippen molar-refractivity contribution in [3.05, 3.63) is 107 Å². The lowest BCUT2D eigenvalue weighted by atomic mass is 9.99. The Kier molecular flexibility index (Phi) is 7.49. The standard InChI is InChI=1S/C39H33FN8O3/c40-28-5-1-4-26(19-28)31-7-3-17-46(31)36-15-14-34-41-20-33(48(34)44-36)30-6-2-8-35(42-30)45-21-25(22-45)10-9-24-11-12-29-27(18-24)23-47(39(29)51)32-13-16-37(49)43-38(32)50/h1-2,4-6,8,11-12,14-15,18-20,25,31-32H,3,7,13,16-17,21-23H2,(H,43,49,50). The Morgan fingerprint density at radius 3 is 2.63 bits per heavy atom. The van der Waals surface area contributed by atoms with Crippen molar-refractivity contribution >= 4 is 35.0 Å². The number of benzene rings is 2. The van der Waals surface area contributed by atoms with E-state index in [0.29, 0.717) is 18.5 Å². The number of hydrogen-bond donors (Lipinski definition) is 1. The predicted octanol–water partition coefficient (Wildman–Crippen LogP) is 4.52. The van der Waals surface area contributed by atoms with Crippen molar-refractivity contribution in [3.63, 3.8) is 0 Å². The molecule has 0 saturated carbocycles. The molecule has 9 rings (SSSR count). The zero-order valence-electron chi connectivity index (χ0n) is 27.6. The highest BCUT2D eigenvalue weighted by atomic mass is 19.1. The lowest BCUT2D eigenvalue weighted by Gasteiger charge is -2.37. The topological polar surface area (TPSA) is 116 Å². The van der Waals surface area contributed by atoms with Gasteiger partial charge in [0.05, 0.1) is 23.9 Å². The van der Waals surface area contributed by atoms with Gasteiger partial charge in [-0.15, -0.1) is 5.10 Å². The number of anilines is 2. The van der Waals surface area contributed by atoms with Crippen molar-refractivity contribution in [1.29, 1.82) is 0 Å². The third kappa shape index (κ3) is 5.64. The molecule has 4 aliphatic rings. The minimum atomic E-state index is -0.637. The number of imidazole rings is 1. The van der Waals surface area contributed by atoms with E-state index in [1.165, 1.54) is 6.07 Å². The Hall–Kier alpha value is -6.09. The number of pyridine rings is 1. The summed E-state index contributed by atoms with van der Waals surface area (Å²) in [6, 6.07) is 21.7. The van der Waals surface area contributed by atoms with E-state index in [1.807, 2.05) is 53.0 Å². The minimum Gasteiger partial charge on any atom is -0.354 e. The van der Waals surface area contributed by atoms with Gasteiger partial charge >= 0.3 is 0 Å². The second-order valence-corrected chi connectivity index (χ2v) is 13.5. The third-order valence-electron chi connectivity index (χ3n) is 10.3. The first kappa shape index (κ1) is 30.9. The maximum absolute atomic E-state index is 14.0. The van der Waals surface area contributed by atoms with E-state index in [2.05, 4.69) is 31.9 Å². The highest BCUT2D eigenvalue weighted by molar-refractivity contribution is 6.05. The van der Waals surface area contributed by atoms with Crippen LogP contribution in [-0.4, -0.2) is 67.9 Å². The Morgan fingerprint density at radius 1 is 0.882 bits per heavy atom. The molecule has 11 nitrogen and oxygen atoms in total. The van der Waals surface area contributed by atoms with Gasteiger partial charge in [0, 0.05) is 43.7 Å². The lowest BCUT2D eigenvalue weighted by Crippen LogP contribution is -2.52. The first-order chi connectivity index (χ1) is 24.9. The van der Waals surface area contributed by atoms with E-state index in [9.17, 15) is 18.8 Å². The fourth-order valence-corrected chi connectivity index (χ4v) is 7.63. The summed E-state index contributed by atoms with van der Waals surface area (Å²) in [6.45, 7) is 2.64. The monoisotopic (exact) mass is 680 g/mol. The van der Waals surface area contributed by atoms with Crippen molar-refractivity contribution < 1.29 is 18.8 Å². The third-order valence-corrected chi connectivity index (χ3v) is 10.3. The fraction of sp³-hybridized carbons (Fsp3) is 0.282. The highest BCUT2D eigenvalue weighted by Gasteiger charge is 2.39. The Labute approximate surface area is 293 Å². The number of imide groups is 1. The smallest absolute Gasteiger partial charge is 0.255 e. The number of hydrogen-bond acceptors (Lipinski definition) is 8. The molecule has 3 amide bonds. The van der Waals surface area contributed by atoms with Gasteiger partial charge in [-0.1, -0.05) is 30.0 Å². The summed E-state index contributed by atoms with van der Waals surface area (Å²) in [5.41, 5.74) is 5.47. The zero-order valence-corrected chi connectivity index (χ0v) is 27.6. The van der Waals surface area contributed by atoms with Crippen molar-refractivity contribution in [2.75, 3.05) is 29.4 Å². The SMILES string of the molecule is O=C1CCC(N2Cc3cc(C#CC4CN(c5cccc(-c6cnc7ccc(N8CCCC8c8cccc(F)c8)nn67)n5)C4)ccc3C2=O)C(=O)N1. The van der Waals surface area contributed by atoms with Crippen LogP contribution in [0.15, 0.2) is 79.0 Å². The van der Waals surface area contributed by atoms with Gasteiger partial charge in [-0.2, -0.15) is 0 Å². The van der Waals surface area contributed by atoms with Crippen LogP contribution in [0.5, 0.6) is 0 Å². The van der Waals surface area contributed by atoms with Crippen LogP contribution in [0.2, 0.25) is 0 Å². The van der Waals surface area contributed by atoms with Crippen LogP contribution in [0.25, 0.3) is 17.0 Å². The zero-order chi connectivity index (χ0) is 34.6. The molecule has 51 heavy (non-hydrogen) atoms. The van der Waals surface area contributed by atoms with E-state index in [1.54, 1.807) is 29.3 Å². The normalized spacial score (nSPS) is 20.3. The summed E-state index contributed by atoms with van der Waals surface area (Å²) < 4.78 is 15.9. The molecule has 0 aliphatic carbocycles. The molecule has 1 N–H and O–H groups in total. The number of halogens is 1. The molecule has 4 aliphatic heterocycles. The van der Waals surface area contributed by atoms with E-state index >= 15 is 0 Å². The lowest BCUT2D eigenvalue weighted by molar-refractivity contribution is -0.136. The summed E-state index contributed by atoms with van der Waals surface area (Å²) in [4.78, 5) is 52.5. The number of nitrogens with zero attached hydrogens (tertiary/aromatic N) is 7. The second-order valence-electron chi connectivity index (χ2n) is 13.5. The maximum Gasteiger partial charge on any atom is 0.255 e. The van der Waals surface area contributed by atoms with E-state index in [4.69, 9.17) is 10.1 Å². The van der Waals surface area contributed by atoms with Crippen LogP contribution in [-0.2, 0) is 16.1 Å². The molecule has 254 valence electrons. The molecule has 2 unspecified atom stereocenters. The first-order valence-electron chi connectivity index (χ1n) is 17.3. The van der Waals surface area contributed by atoms with Crippen molar-refractivity contribution in [3.8, 4) is 23.2 Å². The quantitative estimate of drug-likeness (QED) is 0.213. The Balaban J connectivity index is 0.878. The molecule has 0 radical (unpaired) electrons. The molecule has 2 aromatic carbocycles. The number of rotatable bonds is 5. The summed E-state index contributed by atoms with van der Waals surface area (Å²) >= 11 is 0. The molecular weight excluding hydrogens is 647 g/mol. The predicted molar refractivity (Wildman–Crippen MR) is 187 cm³/mol. The van der Waals surface area contributed by atoms with Gasteiger partial charge in [0.15, 0.2) is 5.65 Å². The van der Waals surface area contributed by atoms with Crippen molar-refractivity contribution in [2.45, 2.75) is 44.3 Å². The van der Waals surface area contributed by atoms with E-state index in [-0.39, 0.29) is 36.0 Å². The Bertz CT molecular complexity index is 2300. The number of nitrogens with one attached hydrogen (secondary N) is 1. The molecule has 3 aromatic heterocycles. The minimum absolute atomic E-state index is 0.0591. The molecule has 2 atom stereocenters. The molecule has 0 bridgehead atoms. The first-order valence-corrected chi connectivity index (χ1v) is 17.3. The van der Waals surface area contributed by atoms with Gasteiger partial charge < -0.3 is 14.7 Å². The van der Waals surface area contributed by atoms with Gasteiger partial charge in [0.1, 0.15) is 29.2 Å². The molecule has 5 aromatic rings. The van der Waals surface area contributed by atoms with Gasteiger partial charge in [0.2, 0.25) is 11.8 Å². The van der Waals surface area contributed by atoms with E-state index in [0.717, 1.165) is 77.8 Å². The van der Waals surface area contributed by atoms with E-state index < -0.39 is 11.9 Å². The van der Waals surface area contributed by atoms with Gasteiger partial charge in [0.25, 0.3) is 5.91 Å². The fourth-order valence-electron chi connectivity index (χ4n) is 7.63. The van der Waals surface area contributed by atoms with Crippen LogP contribution in [0, 0.1) is 23.6 Å². The number of fused-ring (bicyclic) bond motifs is 2. The number of carbonyl (C=O) groups excluding carboxylic acids is 3. The molecule has 3 fully saturated rings. The largest absolute Gasteiger partial charge is 0.354 e. The highest BCUT2D eigenvalue weighted by Crippen LogP contribution is 2.36. The van der Waals surface area contributed by atoms with Crippen LogP contribution < -0.4 is 15.1 Å². The molecule has 7 heterocycles. The van der Waals surface area contributed by atoms with Gasteiger partial charge in [-0.05, 0) is 85.0 Å². The number of piperidine rings is 1. The van der Waals surface area contributed by atoms with Crippen LogP contribution in [0.3, 0.4) is 0 Å². The van der Waals surface area contributed by atoms with Crippen LogP contribution >= 0.6 is 0 Å². The van der Waals surface area contributed by atoms with Crippen molar-refractivity contribution in [2.24, 2.45) is 5.92 Å².